The molecule has 3 heterocycles. The topological polar surface area (TPSA) is 58.1 Å². The van der Waals surface area contributed by atoms with Crippen LogP contribution in [0.3, 0.4) is 0 Å². The number of nitrogens with zero attached hydrogens (tertiary/aromatic N) is 3. The molecule has 5 nitrogen and oxygen atoms in total. The first kappa shape index (κ1) is 18.7. The number of rotatable bonds is 5. The third-order valence-electron chi connectivity index (χ3n) is 4.91. The van der Waals surface area contributed by atoms with Gasteiger partial charge in [-0.1, -0.05) is 12.1 Å². The lowest BCUT2D eigenvalue weighted by Crippen LogP contribution is -2.44. The van der Waals surface area contributed by atoms with Gasteiger partial charge in [0.1, 0.15) is 10.8 Å². The number of amides is 1. The zero-order valence-electron chi connectivity index (χ0n) is 15.3. The van der Waals surface area contributed by atoms with Crippen molar-refractivity contribution in [2.45, 2.75) is 25.4 Å². The Morgan fingerprint density at radius 3 is 2.75 bits per heavy atom. The maximum Gasteiger partial charge on any atom is 0.253 e. The highest BCUT2D eigenvalue weighted by molar-refractivity contribution is 7.09. The van der Waals surface area contributed by atoms with Gasteiger partial charge in [0.05, 0.1) is 17.8 Å². The molecule has 0 radical (unpaired) electrons. The molecule has 1 amide bonds. The van der Waals surface area contributed by atoms with E-state index >= 15 is 0 Å². The van der Waals surface area contributed by atoms with Crippen molar-refractivity contribution in [2.24, 2.45) is 0 Å². The van der Waals surface area contributed by atoms with Crippen LogP contribution in [0.1, 0.15) is 28.2 Å². The van der Waals surface area contributed by atoms with Crippen molar-refractivity contribution < 1.29 is 9.18 Å². The Bertz CT molecular complexity index is 922. The smallest absolute Gasteiger partial charge is 0.253 e. The number of hydrogen-bond donors (Lipinski definition) is 1. The van der Waals surface area contributed by atoms with Crippen molar-refractivity contribution in [1.29, 1.82) is 0 Å². The molecule has 1 aliphatic heterocycles. The van der Waals surface area contributed by atoms with Gasteiger partial charge in [-0.15, -0.1) is 11.3 Å². The molecule has 28 heavy (non-hydrogen) atoms. The Balaban J connectivity index is 1.30. The molecule has 1 aromatic carbocycles. The van der Waals surface area contributed by atoms with E-state index in [0.29, 0.717) is 16.8 Å². The molecule has 0 atom stereocenters. The maximum atomic E-state index is 13.4. The Morgan fingerprint density at radius 2 is 2.07 bits per heavy atom. The van der Waals surface area contributed by atoms with Crippen LogP contribution in [-0.4, -0.2) is 39.9 Å². The molecule has 0 unspecified atom stereocenters. The molecule has 144 valence electrons. The fourth-order valence-corrected chi connectivity index (χ4v) is 4.03. The van der Waals surface area contributed by atoms with Crippen LogP contribution in [0.2, 0.25) is 0 Å². The summed E-state index contributed by atoms with van der Waals surface area (Å²) in [5.41, 5.74) is 1.86. The second kappa shape index (κ2) is 8.58. The molecule has 0 bridgehead atoms. The van der Waals surface area contributed by atoms with E-state index in [1.54, 1.807) is 41.8 Å². The Morgan fingerprint density at radius 1 is 1.21 bits per heavy atom. The van der Waals surface area contributed by atoms with Gasteiger partial charge in [-0.25, -0.2) is 9.37 Å². The zero-order valence-corrected chi connectivity index (χ0v) is 16.2. The van der Waals surface area contributed by atoms with E-state index in [0.717, 1.165) is 37.5 Å². The van der Waals surface area contributed by atoms with Gasteiger partial charge in [0.2, 0.25) is 0 Å². The van der Waals surface area contributed by atoms with E-state index in [1.807, 2.05) is 11.6 Å². The average molecular weight is 396 g/mol. The number of thiazole rings is 1. The molecule has 2 aromatic heterocycles. The van der Waals surface area contributed by atoms with Crippen LogP contribution in [0.4, 0.5) is 4.39 Å². The maximum absolute atomic E-state index is 13.4. The first-order valence-electron chi connectivity index (χ1n) is 9.31. The lowest BCUT2D eigenvalue weighted by molar-refractivity contribution is 0.0908. The number of pyridine rings is 1. The largest absolute Gasteiger partial charge is 0.349 e. The van der Waals surface area contributed by atoms with Gasteiger partial charge in [0.25, 0.3) is 5.91 Å². The number of halogens is 1. The first-order chi connectivity index (χ1) is 13.7. The number of likely N-dealkylation sites (tertiary alicyclic amines) is 1. The summed E-state index contributed by atoms with van der Waals surface area (Å²) >= 11 is 1.68. The molecular weight excluding hydrogens is 375 g/mol. The summed E-state index contributed by atoms with van der Waals surface area (Å²) in [6.07, 6.45) is 5.23. The van der Waals surface area contributed by atoms with Crippen LogP contribution in [0.15, 0.2) is 54.2 Å². The molecule has 1 saturated heterocycles. The van der Waals surface area contributed by atoms with E-state index in [2.05, 4.69) is 20.2 Å². The van der Waals surface area contributed by atoms with Crippen molar-refractivity contribution in [1.82, 2.24) is 20.2 Å². The average Bonchev–Trinajstić information content (AvgIpc) is 3.23. The molecule has 0 aliphatic carbocycles. The summed E-state index contributed by atoms with van der Waals surface area (Å²) in [5.74, 6) is -0.418. The monoisotopic (exact) mass is 396 g/mol. The standard InChI is InChI=1S/C21H21FN4OS/c22-17-3-1-2-15(12-17)19-5-4-16(13-24-19)21(27)25-18-6-9-26(10-7-18)14-20-23-8-11-28-20/h1-5,8,11-13,18H,6-7,9-10,14H2,(H,25,27). The number of benzene rings is 1. The Labute approximate surface area is 167 Å². The number of piperidine rings is 1. The molecule has 4 rings (SSSR count). The number of aromatic nitrogens is 2. The van der Waals surface area contributed by atoms with Gasteiger partial charge in [-0.2, -0.15) is 0 Å². The predicted octanol–water partition coefficient (Wildman–Crippen LogP) is 3.74. The number of carbonyl (C=O) groups excluding carboxylic acids is 1. The summed E-state index contributed by atoms with van der Waals surface area (Å²) < 4.78 is 13.4. The molecule has 0 saturated carbocycles. The highest BCUT2D eigenvalue weighted by Crippen LogP contribution is 2.19. The summed E-state index contributed by atoms with van der Waals surface area (Å²) in [4.78, 5) is 23.5. The van der Waals surface area contributed by atoms with Crippen molar-refractivity contribution in [3.8, 4) is 11.3 Å². The van der Waals surface area contributed by atoms with E-state index in [1.165, 1.54) is 12.1 Å². The van der Waals surface area contributed by atoms with Crippen LogP contribution in [0.25, 0.3) is 11.3 Å². The fourth-order valence-electron chi connectivity index (χ4n) is 3.37. The van der Waals surface area contributed by atoms with Gasteiger partial charge < -0.3 is 5.32 Å². The van der Waals surface area contributed by atoms with Crippen LogP contribution >= 0.6 is 11.3 Å². The summed E-state index contributed by atoms with van der Waals surface area (Å²) in [6, 6.07) is 9.93. The van der Waals surface area contributed by atoms with Crippen LogP contribution in [0, 0.1) is 5.82 Å². The van der Waals surface area contributed by atoms with Crippen molar-refractivity contribution in [3.05, 3.63) is 70.6 Å². The molecular formula is C21H21FN4OS. The lowest BCUT2D eigenvalue weighted by Gasteiger charge is -2.31. The predicted molar refractivity (Wildman–Crippen MR) is 108 cm³/mol. The van der Waals surface area contributed by atoms with Gasteiger partial charge in [0.15, 0.2) is 0 Å². The number of hydrogen-bond acceptors (Lipinski definition) is 5. The summed E-state index contributed by atoms with van der Waals surface area (Å²) in [6.45, 7) is 2.77. The molecule has 7 heteroatoms. The minimum absolute atomic E-state index is 0.114. The highest BCUT2D eigenvalue weighted by Gasteiger charge is 2.21. The lowest BCUT2D eigenvalue weighted by atomic mass is 10.0. The van der Waals surface area contributed by atoms with E-state index in [-0.39, 0.29) is 17.8 Å². The molecule has 3 aromatic rings. The van der Waals surface area contributed by atoms with Crippen molar-refractivity contribution in [2.75, 3.05) is 13.1 Å². The van der Waals surface area contributed by atoms with Crippen LogP contribution < -0.4 is 5.32 Å². The Hall–Kier alpha value is -2.64. The van der Waals surface area contributed by atoms with E-state index < -0.39 is 0 Å². The second-order valence-corrected chi connectivity index (χ2v) is 7.87. The normalized spacial score (nSPS) is 15.5. The quantitative estimate of drug-likeness (QED) is 0.714. The van der Waals surface area contributed by atoms with Crippen LogP contribution in [-0.2, 0) is 6.54 Å². The third-order valence-corrected chi connectivity index (χ3v) is 5.68. The Kier molecular flexibility index (Phi) is 5.73. The van der Waals surface area contributed by atoms with E-state index in [4.69, 9.17) is 0 Å². The molecule has 1 N–H and O–H groups in total. The van der Waals surface area contributed by atoms with Gasteiger partial charge in [-0.05, 0) is 37.1 Å². The third kappa shape index (κ3) is 4.61. The van der Waals surface area contributed by atoms with Gasteiger partial charge in [0, 0.05) is 42.5 Å². The number of carbonyl (C=O) groups is 1. The highest BCUT2D eigenvalue weighted by atomic mass is 32.1. The van der Waals surface area contributed by atoms with E-state index in [9.17, 15) is 9.18 Å². The van der Waals surface area contributed by atoms with Gasteiger partial charge in [-0.3, -0.25) is 14.7 Å². The SMILES string of the molecule is O=C(NC1CCN(Cc2nccs2)CC1)c1ccc(-c2cccc(F)c2)nc1. The minimum Gasteiger partial charge on any atom is -0.349 e. The van der Waals surface area contributed by atoms with Crippen LogP contribution in [0.5, 0.6) is 0 Å². The zero-order chi connectivity index (χ0) is 19.3. The van der Waals surface area contributed by atoms with Gasteiger partial charge >= 0.3 is 0 Å². The van der Waals surface area contributed by atoms with Crippen molar-refractivity contribution in [3.63, 3.8) is 0 Å². The molecule has 1 aliphatic rings. The molecule has 1 fully saturated rings. The summed E-state index contributed by atoms with van der Waals surface area (Å²) in [5, 5.41) is 6.23. The fraction of sp³-hybridized carbons (Fsp3) is 0.286. The first-order valence-corrected chi connectivity index (χ1v) is 10.2. The molecule has 0 spiro atoms. The van der Waals surface area contributed by atoms with Crippen molar-refractivity contribution >= 4 is 17.2 Å². The number of nitrogens with one attached hydrogen (secondary N) is 1. The summed E-state index contributed by atoms with van der Waals surface area (Å²) in [7, 11) is 0. The minimum atomic E-state index is -0.303. The second-order valence-electron chi connectivity index (χ2n) is 6.89.